The Balaban J connectivity index is 1.30. The third kappa shape index (κ3) is 5.80. The Morgan fingerprint density at radius 2 is 1.77 bits per heavy atom. The fourth-order valence-corrected chi connectivity index (χ4v) is 6.02. The highest BCUT2D eigenvalue weighted by molar-refractivity contribution is 8.16. The van der Waals surface area contributed by atoms with Crippen molar-refractivity contribution >= 4 is 29.4 Å². The van der Waals surface area contributed by atoms with Crippen LogP contribution < -0.4 is 10.1 Å². The third-order valence-corrected chi connectivity index (χ3v) is 7.77. The predicted octanol–water partition coefficient (Wildman–Crippen LogP) is 5.46. The maximum absolute atomic E-state index is 12.5. The van der Waals surface area contributed by atoms with Gasteiger partial charge in [-0.1, -0.05) is 42.5 Å². The second-order valence-electron chi connectivity index (χ2n) is 7.01. The first kappa shape index (κ1) is 20.8. The van der Waals surface area contributed by atoms with Crippen LogP contribution in [0.25, 0.3) is 0 Å². The Morgan fingerprint density at radius 3 is 2.53 bits per heavy atom. The summed E-state index contributed by atoms with van der Waals surface area (Å²) >= 11 is 3.97. The number of aromatic nitrogens is 1. The van der Waals surface area contributed by atoms with E-state index in [-0.39, 0.29) is 5.91 Å². The van der Waals surface area contributed by atoms with Crippen molar-refractivity contribution < 1.29 is 9.53 Å². The van der Waals surface area contributed by atoms with E-state index in [4.69, 9.17) is 4.74 Å². The van der Waals surface area contributed by atoms with E-state index >= 15 is 0 Å². The van der Waals surface area contributed by atoms with E-state index in [0.29, 0.717) is 29.2 Å². The molecule has 1 amide bonds. The van der Waals surface area contributed by atoms with E-state index in [2.05, 4.69) is 22.4 Å². The molecule has 6 heteroatoms. The number of thioether (sulfide) groups is 2. The highest BCUT2D eigenvalue weighted by atomic mass is 32.2. The maximum Gasteiger partial charge on any atom is 0.251 e. The first-order valence-corrected chi connectivity index (χ1v) is 12.1. The number of ether oxygens (including phenoxy) is 1. The summed E-state index contributed by atoms with van der Waals surface area (Å²) < 4.78 is 6.26. The Kier molecular flexibility index (Phi) is 7.32. The lowest BCUT2D eigenvalue weighted by atomic mass is 10.1. The topological polar surface area (TPSA) is 51.2 Å². The molecule has 154 valence electrons. The van der Waals surface area contributed by atoms with E-state index in [1.807, 2.05) is 78.1 Å². The van der Waals surface area contributed by atoms with Crippen molar-refractivity contribution in [2.45, 2.75) is 24.2 Å². The van der Waals surface area contributed by atoms with Gasteiger partial charge in [0.2, 0.25) is 5.88 Å². The van der Waals surface area contributed by atoms with Gasteiger partial charge < -0.3 is 10.1 Å². The second-order valence-corrected chi connectivity index (χ2v) is 9.73. The molecule has 0 bridgehead atoms. The van der Waals surface area contributed by atoms with Gasteiger partial charge in [-0.3, -0.25) is 4.79 Å². The number of hydrogen-bond donors (Lipinski definition) is 1. The standard InChI is InChI=1S/C24H24N2O2S2/c27-23(20-7-9-21(10-8-20)24-29-13-4-14-30-24)26-16-19-11-12-25-22(15-19)28-17-18-5-2-1-3-6-18/h1-3,5-12,15,24H,4,13-14,16-17H2,(H,26,27). The van der Waals surface area contributed by atoms with Crippen molar-refractivity contribution in [2.24, 2.45) is 0 Å². The summed E-state index contributed by atoms with van der Waals surface area (Å²) in [6, 6.07) is 21.7. The highest BCUT2D eigenvalue weighted by Crippen LogP contribution is 2.43. The molecule has 2 heterocycles. The molecule has 1 aliphatic rings. The fourth-order valence-electron chi connectivity index (χ4n) is 3.13. The fraction of sp³-hybridized carbons (Fsp3) is 0.250. The van der Waals surface area contributed by atoms with Crippen molar-refractivity contribution in [3.8, 4) is 5.88 Å². The van der Waals surface area contributed by atoms with Crippen LogP contribution in [-0.4, -0.2) is 22.4 Å². The number of amides is 1. The molecule has 0 saturated carbocycles. The number of nitrogens with zero attached hydrogens (tertiary/aromatic N) is 1. The molecular weight excluding hydrogens is 412 g/mol. The minimum absolute atomic E-state index is 0.0749. The van der Waals surface area contributed by atoms with Gasteiger partial charge in [-0.25, -0.2) is 4.98 Å². The van der Waals surface area contributed by atoms with Gasteiger partial charge in [0.1, 0.15) is 6.61 Å². The zero-order valence-electron chi connectivity index (χ0n) is 16.6. The molecule has 0 unspecified atom stereocenters. The molecule has 1 N–H and O–H groups in total. The predicted molar refractivity (Wildman–Crippen MR) is 125 cm³/mol. The lowest BCUT2D eigenvalue weighted by molar-refractivity contribution is 0.0951. The first-order valence-electron chi connectivity index (χ1n) is 10.0. The van der Waals surface area contributed by atoms with Crippen LogP contribution in [0.3, 0.4) is 0 Å². The summed E-state index contributed by atoms with van der Waals surface area (Å²) in [5, 5.41) is 2.98. The molecule has 3 aromatic rings. The van der Waals surface area contributed by atoms with Gasteiger partial charge in [0, 0.05) is 24.4 Å². The minimum Gasteiger partial charge on any atom is -0.473 e. The van der Waals surface area contributed by atoms with Gasteiger partial charge in [0.05, 0.1) is 4.58 Å². The molecule has 1 saturated heterocycles. The van der Waals surface area contributed by atoms with Gasteiger partial charge in [-0.2, -0.15) is 0 Å². The molecular formula is C24H24N2O2S2. The minimum atomic E-state index is -0.0749. The average molecular weight is 437 g/mol. The Hall–Kier alpha value is -2.44. The van der Waals surface area contributed by atoms with Gasteiger partial charge in [-0.15, -0.1) is 23.5 Å². The van der Waals surface area contributed by atoms with Crippen molar-refractivity contribution in [2.75, 3.05) is 11.5 Å². The molecule has 1 fully saturated rings. The quantitative estimate of drug-likeness (QED) is 0.533. The Labute approximate surface area is 185 Å². The molecule has 1 aliphatic heterocycles. The van der Waals surface area contributed by atoms with Crippen LogP contribution in [0.5, 0.6) is 5.88 Å². The van der Waals surface area contributed by atoms with E-state index in [1.165, 1.54) is 23.5 Å². The number of pyridine rings is 1. The van der Waals surface area contributed by atoms with Crippen LogP contribution in [0.15, 0.2) is 72.9 Å². The van der Waals surface area contributed by atoms with Crippen LogP contribution in [0.1, 0.15) is 38.1 Å². The molecule has 1 aromatic heterocycles. The average Bonchev–Trinajstić information content (AvgIpc) is 2.83. The normalized spacial score (nSPS) is 14.3. The lowest BCUT2D eigenvalue weighted by Crippen LogP contribution is -2.22. The molecule has 4 rings (SSSR count). The smallest absolute Gasteiger partial charge is 0.251 e. The monoisotopic (exact) mass is 436 g/mol. The van der Waals surface area contributed by atoms with Crippen LogP contribution in [-0.2, 0) is 13.2 Å². The van der Waals surface area contributed by atoms with Crippen LogP contribution in [0.4, 0.5) is 0 Å². The lowest BCUT2D eigenvalue weighted by Gasteiger charge is -2.21. The van der Waals surface area contributed by atoms with Crippen molar-refractivity contribution in [1.29, 1.82) is 0 Å². The highest BCUT2D eigenvalue weighted by Gasteiger charge is 2.17. The SMILES string of the molecule is O=C(NCc1ccnc(OCc2ccccc2)c1)c1ccc(C2SCCCS2)cc1. The van der Waals surface area contributed by atoms with Crippen LogP contribution in [0.2, 0.25) is 0 Å². The molecule has 0 radical (unpaired) electrons. The molecule has 0 atom stereocenters. The van der Waals surface area contributed by atoms with E-state index < -0.39 is 0 Å². The number of benzene rings is 2. The van der Waals surface area contributed by atoms with Crippen LogP contribution in [0, 0.1) is 0 Å². The molecule has 2 aromatic carbocycles. The van der Waals surface area contributed by atoms with E-state index in [0.717, 1.165) is 11.1 Å². The molecule has 0 aliphatic carbocycles. The number of carbonyl (C=O) groups is 1. The van der Waals surface area contributed by atoms with Gasteiger partial charge in [0.25, 0.3) is 5.91 Å². The van der Waals surface area contributed by atoms with Gasteiger partial charge in [-0.05, 0) is 52.8 Å². The van der Waals surface area contributed by atoms with E-state index in [1.54, 1.807) is 6.20 Å². The third-order valence-electron chi connectivity index (χ3n) is 4.75. The first-order chi connectivity index (χ1) is 14.8. The van der Waals surface area contributed by atoms with E-state index in [9.17, 15) is 4.79 Å². The summed E-state index contributed by atoms with van der Waals surface area (Å²) in [6.45, 7) is 0.896. The van der Waals surface area contributed by atoms with Crippen molar-refractivity contribution in [1.82, 2.24) is 10.3 Å². The number of hydrogen-bond acceptors (Lipinski definition) is 5. The summed E-state index contributed by atoms with van der Waals surface area (Å²) in [7, 11) is 0. The summed E-state index contributed by atoms with van der Waals surface area (Å²) in [5.41, 5.74) is 4.01. The molecule has 0 spiro atoms. The Morgan fingerprint density at radius 1 is 1.00 bits per heavy atom. The van der Waals surface area contributed by atoms with Gasteiger partial charge >= 0.3 is 0 Å². The Bertz CT molecular complexity index is 958. The number of carbonyl (C=O) groups excluding carboxylic acids is 1. The zero-order valence-corrected chi connectivity index (χ0v) is 18.3. The largest absolute Gasteiger partial charge is 0.473 e. The summed E-state index contributed by atoms with van der Waals surface area (Å²) in [4.78, 5) is 16.8. The maximum atomic E-state index is 12.5. The van der Waals surface area contributed by atoms with Crippen molar-refractivity contribution in [3.63, 3.8) is 0 Å². The number of nitrogens with one attached hydrogen (secondary N) is 1. The summed E-state index contributed by atoms with van der Waals surface area (Å²) in [6.07, 6.45) is 2.98. The second kappa shape index (κ2) is 10.5. The number of rotatable bonds is 7. The molecule has 4 nitrogen and oxygen atoms in total. The summed E-state index contributed by atoms with van der Waals surface area (Å²) in [5.74, 6) is 2.90. The van der Waals surface area contributed by atoms with Gasteiger partial charge in [0.15, 0.2) is 0 Å². The zero-order chi connectivity index (χ0) is 20.6. The molecule has 30 heavy (non-hydrogen) atoms. The van der Waals surface area contributed by atoms with Crippen LogP contribution >= 0.6 is 23.5 Å². The van der Waals surface area contributed by atoms with Crippen molar-refractivity contribution in [3.05, 3.63) is 95.2 Å².